The van der Waals surface area contributed by atoms with Gasteiger partial charge in [-0.2, -0.15) is 0 Å². The molecular formula is C15H26N2O3S. The van der Waals surface area contributed by atoms with E-state index in [9.17, 15) is 4.79 Å². The molecule has 0 radical (unpaired) electrons. The molecule has 0 bridgehead atoms. The van der Waals surface area contributed by atoms with E-state index < -0.39 is 5.41 Å². The van der Waals surface area contributed by atoms with Gasteiger partial charge in [-0.15, -0.1) is 0 Å². The average Bonchev–Trinajstić information content (AvgIpc) is 2.34. The van der Waals surface area contributed by atoms with Crippen LogP contribution < -0.4 is 5.73 Å². The predicted molar refractivity (Wildman–Crippen MR) is 85.1 cm³/mol. The van der Waals surface area contributed by atoms with E-state index in [1.54, 1.807) is 0 Å². The Balaban J connectivity index is 2.26. The van der Waals surface area contributed by atoms with E-state index in [1.165, 1.54) is 0 Å². The molecule has 1 amide bonds. The maximum absolute atomic E-state index is 13.1. The van der Waals surface area contributed by atoms with Gasteiger partial charge in [-0.05, 0) is 40.5 Å². The molecule has 6 heteroatoms. The summed E-state index contributed by atoms with van der Waals surface area (Å²) in [4.78, 5) is 15.3. The van der Waals surface area contributed by atoms with Crippen LogP contribution >= 0.6 is 12.2 Å². The Morgan fingerprint density at radius 1 is 1.10 bits per heavy atom. The Bertz CT molecular complexity index is 426. The third-order valence-corrected chi connectivity index (χ3v) is 4.60. The standard InChI is InChI=1S/C15H26N2O3S/c1-13(2)9-17(10-14(3,4)20-13)12(18)15(11(16)21)5-7-19-8-6-15/h5-10H2,1-4H3,(H2,16,21). The lowest BCUT2D eigenvalue weighted by Gasteiger charge is -2.49. The summed E-state index contributed by atoms with van der Waals surface area (Å²) in [7, 11) is 0. The Morgan fingerprint density at radius 2 is 1.57 bits per heavy atom. The number of rotatable bonds is 2. The minimum absolute atomic E-state index is 0.0303. The van der Waals surface area contributed by atoms with Crippen LogP contribution in [0.1, 0.15) is 40.5 Å². The van der Waals surface area contributed by atoms with E-state index in [-0.39, 0.29) is 22.1 Å². The lowest BCUT2D eigenvalue weighted by Crippen LogP contribution is -2.63. The summed E-state index contributed by atoms with van der Waals surface area (Å²) in [6.07, 6.45) is 1.14. The number of hydrogen-bond donors (Lipinski definition) is 1. The van der Waals surface area contributed by atoms with Crippen molar-refractivity contribution in [2.75, 3.05) is 26.3 Å². The van der Waals surface area contributed by atoms with Crippen molar-refractivity contribution >= 4 is 23.1 Å². The van der Waals surface area contributed by atoms with Crippen molar-refractivity contribution in [3.8, 4) is 0 Å². The average molecular weight is 314 g/mol. The van der Waals surface area contributed by atoms with Crippen LogP contribution in [-0.2, 0) is 14.3 Å². The minimum Gasteiger partial charge on any atom is -0.392 e. The minimum atomic E-state index is -0.753. The number of nitrogens with two attached hydrogens (primary N) is 1. The molecule has 0 aromatic carbocycles. The summed E-state index contributed by atoms with van der Waals surface area (Å²) in [5.74, 6) is 0.0303. The van der Waals surface area contributed by atoms with Crippen molar-refractivity contribution in [1.29, 1.82) is 0 Å². The van der Waals surface area contributed by atoms with Crippen molar-refractivity contribution in [2.45, 2.75) is 51.7 Å². The zero-order chi connectivity index (χ0) is 15.9. The van der Waals surface area contributed by atoms with Gasteiger partial charge < -0.3 is 20.1 Å². The molecule has 0 aromatic heterocycles. The molecule has 0 spiro atoms. The second kappa shape index (κ2) is 5.48. The highest BCUT2D eigenvalue weighted by atomic mass is 32.1. The Morgan fingerprint density at radius 3 is 2.00 bits per heavy atom. The predicted octanol–water partition coefficient (Wildman–Crippen LogP) is 1.49. The number of ether oxygens (including phenoxy) is 2. The van der Waals surface area contributed by atoms with E-state index in [1.807, 2.05) is 32.6 Å². The molecule has 2 saturated heterocycles. The smallest absolute Gasteiger partial charge is 0.236 e. The maximum atomic E-state index is 13.1. The van der Waals surface area contributed by atoms with E-state index in [0.717, 1.165) is 0 Å². The van der Waals surface area contributed by atoms with Gasteiger partial charge in [0.1, 0.15) is 5.41 Å². The van der Waals surface area contributed by atoms with E-state index in [0.29, 0.717) is 39.1 Å². The first-order valence-corrected chi connectivity index (χ1v) is 7.86. The number of hydrogen-bond acceptors (Lipinski definition) is 4. The molecule has 21 heavy (non-hydrogen) atoms. The van der Waals surface area contributed by atoms with Crippen molar-refractivity contribution < 1.29 is 14.3 Å². The number of morpholine rings is 1. The highest BCUT2D eigenvalue weighted by Crippen LogP contribution is 2.36. The third kappa shape index (κ3) is 3.38. The summed E-state index contributed by atoms with van der Waals surface area (Å²) in [5.41, 5.74) is 4.44. The second-order valence-electron chi connectivity index (χ2n) is 7.34. The van der Waals surface area contributed by atoms with Crippen LogP contribution in [-0.4, -0.2) is 53.3 Å². The molecule has 120 valence electrons. The molecule has 0 aliphatic carbocycles. The number of carbonyl (C=O) groups excluding carboxylic acids is 1. The third-order valence-electron chi connectivity index (χ3n) is 4.21. The fourth-order valence-corrected chi connectivity index (χ4v) is 3.81. The fraction of sp³-hybridized carbons (Fsp3) is 0.867. The lowest BCUT2D eigenvalue weighted by atomic mass is 9.78. The highest BCUT2D eigenvalue weighted by molar-refractivity contribution is 7.80. The van der Waals surface area contributed by atoms with Crippen molar-refractivity contribution in [3.63, 3.8) is 0 Å². The van der Waals surface area contributed by atoms with Gasteiger partial charge >= 0.3 is 0 Å². The van der Waals surface area contributed by atoms with Crippen LogP contribution in [0.3, 0.4) is 0 Å². The molecule has 0 unspecified atom stereocenters. The monoisotopic (exact) mass is 314 g/mol. The van der Waals surface area contributed by atoms with Gasteiger partial charge in [0.15, 0.2) is 0 Å². The van der Waals surface area contributed by atoms with Crippen molar-refractivity contribution in [3.05, 3.63) is 0 Å². The zero-order valence-electron chi connectivity index (χ0n) is 13.4. The topological polar surface area (TPSA) is 64.8 Å². The molecular weight excluding hydrogens is 288 g/mol. The summed E-state index contributed by atoms with van der Waals surface area (Å²) >= 11 is 5.23. The quantitative estimate of drug-likeness (QED) is 0.782. The molecule has 2 aliphatic rings. The number of carbonyl (C=O) groups is 1. The molecule has 5 nitrogen and oxygen atoms in total. The van der Waals surface area contributed by atoms with Gasteiger partial charge in [-0.25, -0.2) is 0 Å². The first-order valence-electron chi connectivity index (χ1n) is 7.45. The van der Waals surface area contributed by atoms with Crippen LogP contribution in [0.5, 0.6) is 0 Å². The number of nitrogens with zero attached hydrogens (tertiary/aromatic N) is 1. The SMILES string of the molecule is CC1(C)CN(C(=O)C2(C(N)=S)CCOCC2)CC(C)(C)O1. The van der Waals surface area contributed by atoms with Crippen LogP contribution in [0, 0.1) is 5.41 Å². The van der Waals surface area contributed by atoms with Crippen molar-refractivity contribution in [2.24, 2.45) is 11.1 Å². The Hall–Kier alpha value is -0.720. The van der Waals surface area contributed by atoms with Gasteiger partial charge in [0.05, 0.1) is 16.2 Å². The summed E-state index contributed by atoms with van der Waals surface area (Å²) in [6.45, 7) is 10.2. The van der Waals surface area contributed by atoms with Gasteiger partial charge in [0, 0.05) is 26.3 Å². The van der Waals surface area contributed by atoms with E-state index >= 15 is 0 Å². The van der Waals surface area contributed by atoms with Gasteiger partial charge in [-0.3, -0.25) is 4.79 Å². The van der Waals surface area contributed by atoms with Gasteiger partial charge in [0.25, 0.3) is 0 Å². The molecule has 0 atom stereocenters. The first-order chi connectivity index (χ1) is 9.58. The normalized spacial score (nSPS) is 27.1. The van der Waals surface area contributed by atoms with E-state index in [2.05, 4.69) is 0 Å². The Kier molecular flexibility index (Phi) is 4.35. The largest absolute Gasteiger partial charge is 0.392 e. The van der Waals surface area contributed by atoms with Crippen molar-refractivity contribution in [1.82, 2.24) is 4.90 Å². The fourth-order valence-electron chi connectivity index (χ4n) is 3.52. The molecule has 2 fully saturated rings. The summed E-state index contributed by atoms with van der Waals surface area (Å²) < 4.78 is 11.4. The first kappa shape index (κ1) is 16.6. The van der Waals surface area contributed by atoms with Gasteiger partial charge in [-0.1, -0.05) is 12.2 Å². The number of amides is 1. The lowest BCUT2D eigenvalue weighted by molar-refractivity contribution is -0.193. The summed E-state index contributed by atoms with van der Waals surface area (Å²) in [6, 6.07) is 0. The van der Waals surface area contributed by atoms with Crippen LogP contribution in [0.25, 0.3) is 0 Å². The highest BCUT2D eigenvalue weighted by Gasteiger charge is 2.49. The molecule has 0 aromatic rings. The van der Waals surface area contributed by atoms with Crippen LogP contribution in [0.2, 0.25) is 0 Å². The maximum Gasteiger partial charge on any atom is 0.236 e. The summed E-state index contributed by atoms with van der Waals surface area (Å²) in [5, 5.41) is 0. The molecule has 2 heterocycles. The molecule has 2 aliphatic heterocycles. The second-order valence-corrected chi connectivity index (χ2v) is 7.78. The molecule has 0 saturated carbocycles. The zero-order valence-corrected chi connectivity index (χ0v) is 14.2. The van der Waals surface area contributed by atoms with Crippen LogP contribution in [0.4, 0.5) is 0 Å². The van der Waals surface area contributed by atoms with Crippen LogP contribution in [0.15, 0.2) is 0 Å². The number of thiocarbonyl (C=S) groups is 1. The Labute approximate surface area is 132 Å². The molecule has 2 rings (SSSR count). The van der Waals surface area contributed by atoms with Gasteiger partial charge in [0.2, 0.25) is 5.91 Å². The molecule has 2 N–H and O–H groups in total. The van der Waals surface area contributed by atoms with E-state index in [4.69, 9.17) is 27.4 Å².